The molecule has 0 aliphatic rings. The van der Waals surface area contributed by atoms with Crippen molar-refractivity contribution in [3.8, 4) is 11.5 Å². The highest BCUT2D eigenvalue weighted by Gasteiger charge is 2.21. The van der Waals surface area contributed by atoms with E-state index in [0.717, 1.165) is 45.4 Å². The zero-order chi connectivity index (χ0) is 42.6. The molecule has 0 bridgehead atoms. The van der Waals surface area contributed by atoms with E-state index in [2.05, 4.69) is 25.3 Å². The number of carbonyl (C=O) groups is 1. The maximum Gasteiger partial charge on any atom is 0.150 e. The highest BCUT2D eigenvalue weighted by molar-refractivity contribution is 6.42. The fourth-order valence-electron chi connectivity index (χ4n) is 5.70. The van der Waals surface area contributed by atoms with E-state index < -0.39 is 6.04 Å². The Bertz CT molecular complexity index is 2720. The second kappa shape index (κ2) is 20.6. The summed E-state index contributed by atoms with van der Waals surface area (Å²) in [4.78, 5) is 27.4. The molecule has 0 radical (unpaired) electrons. The van der Waals surface area contributed by atoms with Crippen molar-refractivity contribution in [3.05, 3.63) is 187 Å². The van der Waals surface area contributed by atoms with E-state index >= 15 is 0 Å². The zero-order valence-electron chi connectivity index (χ0n) is 32.5. The number of aromatic nitrogens is 4. The molecule has 0 saturated heterocycles. The van der Waals surface area contributed by atoms with Crippen LogP contribution in [0.2, 0.25) is 20.1 Å². The van der Waals surface area contributed by atoms with Crippen LogP contribution in [0.25, 0.3) is 21.8 Å². The summed E-state index contributed by atoms with van der Waals surface area (Å²) >= 11 is 23.6. The number of aryl methyl sites for hydroxylation is 4. The average molecular weight is 867 g/mol. The largest absolute Gasteiger partial charge is 0.506 e. The predicted octanol–water partition coefficient (Wildman–Crippen LogP) is 12.5. The van der Waals surface area contributed by atoms with Gasteiger partial charge < -0.3 is 21.3 Å². The van der Waals surface area contributed by atoms with Crippen molar-refractivity contribution in [1.82, 2.24) is 19.9 Å². The highest BCUT2D eigenvalue weighted by Crippen LogP contribution is 2.38. The van der Waals surface area contributed by atoms with E-state index in [1.165, 1.54) is 6.07 Å². The normalized spacial score (nSPS) is 10.9. The fraction of sp³-hybridized carbons (Fsp3) is 0.109. The number of anilines is 2. The molecule has 4 aromatic heterocycles. The van der Waals surface area contributed by atoms with Gasteiger partial charge in [0.05, 0.1) is 26.1 Å². The third-order valence-corrected chi connectivity index (χ3v) is 10.1. The molecule has 59 heavy (non-hydrogen) atoms. The van der Waals surface area contributed by atoms with Crippen molar-refractivity contribution in [2.75, 3.05) is 11.1 Å². The molecule has 0 amide bonds. The number of pyridine rings is 4. The van der Waals surface area contributed by atoms with E-state index in [0.29, 0.717) is 53.9 Å². The number of nitrogens with two attached hydrogens (primary N) is 1. The number of halogens is 4. The van der Waals surface area contributed by atoms with Crippen molar-refractivity contribution >= 4 is 86.1 Å². The molecule has 1 atom stereocenters. The molecular weight excluding hydrogens is 826 g/mol. The molecule has 5 N–H and O–H groups in total. The van der Waals surface area contributed by atoms with E-state index in [9.17, 15) is 15.0 Å². The van der Waals surface area contributed by atoms with Gasteiger partial charge in [-0.25, -0.2) is 19.9 Å². The van der Waals surface area contributed by atoms with Crippen LogP contribution in [0, 0.1) is 27.7 Å². The summed E-state index contributed by atoms with van der Waals surface area (Å²) in [6.45, 7) is 7.65. The number of para-hydroxylation sites is 1. The number of nitrogens with one attached hydrogen (secondary N) is 1. The number of phenolic OH excluding ortho intramolecular Hbond substituents is 2. The molecule has 13 heteroatoms. The number of aromatic hydroxyl groups is 2. The molecule has 8 rings (SSSR count). The monoisotopic (exact) mass is 864 g/mol. The molecule has 0 aliphatic carbocycles. The van der Waals surface area contributed by atoms with Crippen LogP contribution in [0.5, 0.6) is 11.5 Å². The minimum absolute atomic E-state index is 0.127. The number of carbonyl (C=O) groups excluding carboxylic acids is 1. The number of aldehydes is 1. The van der Waals surface area contributed by atoms with Gasteiger partial charge in [-0.05, 0) is 100.0 Å². The standard InChI is InChI=1S/C23H19Cl2N3O.C10H9NO.C7H4Cl2O.C6H8N2/c1-13-4-3-5-20(26-13)28-21(16-9-11-18(24)19(25)12-16)17-10-8-15-7-6-14(2)27-22(15)23(17)29;1-7-5-6-8-3-2-4-9(12)10(8)11-7;8-6-2-1-5(4-10)3-7(6)9;1-5-3-2-4-6(7)8-5/h3-12,21,29H,1-2H3,(H,26,28);2-6,12H,1H3;1-4H;2-4H,1H3,(H2,7,8). The second-order valence-electron chi connectivity index (χ2n) is 13.2. The average Bonchev–Trinajstić information content (AvgIpc) is 3.21. The van der Waals surface area contributed by atoms with Gasteiger partial charge in [-0.3, -0.25) is 4.79 Å². The number of benzene rings is 4. The molecule has 1 unspecified atom stereocenters. The lowest BCUT2D eigenvalue weighted by molar-refractivity contribution is 0.112. The summed E-state index contributed by atoms with van der Waals surface area (Å²) in [5.74, 6) is 1.65. The molecule has 0 fully saturated rings. The predicted molar refractivity (Wildman–Crippen MR) is 242 cm³/mol. The van der Waals surface area contributed by atoms with Gasteiger partial charge in [0.25, 0.3) is 0 Å². The summed E-state index contributed by atoms with van der Waals surface area (Å²) in [5, 5.41) is 27.6. The van der Waals surface area contributed by atoms with Gasteiger partial charge in [-0.2, -0.15) is 0 Å². The lowest BCUT2D eigenvalue weighted by Crippen LogP contribution is -2.14. The van der Waals surface area contributed by atoms with Gasteiger partial charge in [0, 0.05) is 44.7 Å². The Morgan fingerprint density at radius 2 is 1.14 bits per heavy atom. The third-order valence-electron chi connectivity index (χ3n) is 8.60. The lowest BCUT2D eigenvalue weighted by Gasteiger charge is -2.22. The summed E-state index contributed by atoms with van der Waals surface area (Å²) in [7, 11) is 0. The maximum atomic E-state index is 11.1. The lowest BCUT2D eigenvalue weighted by atomic mass is 9.96. The van der Waals surface area contributed by atoms with Crippen LogP contribution in [0.3, 0.4) is 0 Å². The van der Waals surface area contributed by atoms with Gasteiger partial charge in [-0.1, -0.05) is 107 Å². The van der Waals surface area contributed by atoms with Crippen molar-refractivity contribution in [2.24, 2.45) is 0 Å². The third kappa shape index (κ3) is 12.3. The van der Waals surface area contributed by atoms with Gasteiger partial charge in [0.1, 0.15) is 40.5 Å². The second-order valence-corrected chi connectivity index (χ2v) is 14.9. The molecule has 0 spiro atoms. The summed E-state index contributed by atoms with van der Waals surface area (Å²) in [6.07, 6.45) is 0.724. The number of nitrogens with zero attached hydrogens (tertiary/aromatic N) is 4. The minimum Gasteiger partial charge on any atom is -0.506 e. The first kappa shape index (κ1) is 44.1. The van der Waals surface area contributed by atoms with Crippen molar-refractivity contribution in [1.29, 1.82) is 0 Å². The van der Waals surface area contributed by atoms with Gasteiger partial charge in [0.2, 0.25) is 0 Å². The first-order valence-corrected chi connectivity index (χ1v) is 19.6. The van der Waals surface area contributed by atoms with Crippen LogP contribution in [0.4, 0.5) is 11.6 Å². The molecule has 0 aliphatic heterocycles. The van der Waals surface area contributed by atoms with Crippen LogP contribution >= 0.6 is 46.4 Å². The van der Waals surface area contributed by atoms with Crippen molar-refractivity contribution < 1.29 is 15.0 Å². The molecular formula is C46H40Cl4N6O3. The summed E-state index contributed by atoms with van der Waals surface area (Å²) in [5.41, 5.74) is 12.3. The highest BCUT2D eigenvalue weighted by atomic mass is 35.5. The van der Waals surface area contributed by atoms with Gasteiger partial charge in [0.15, 0.2) is 0 Å². The first-order valence-electron chi connectivity index (χ1n) is 18.1. The quantitative estimate of drug-likeness (QED) is 0.124. The van der Waals surface area contributed by atoms with Crippen LogP contribution in [-0.2, 0) is 0 Å². The summed E-state index contributed by atoms with van der Waals surface area (Å²) < 4.78 is 0. The topological polar surface area (TPSA) is 147 Å². The number of hydrogen-bond acceptors (Lipinski definition) is 9. The number of phenols is 2. The molecule has 4 aromatic carbocycles. The molecule has 9 nitrogen and oxygen atoms in total. The van der Waals surface area contributed by atoms with Gasteiger partial charge >= 0.3 is 0 Å². The Morgan fingerprint density at radius 3 is 1.73 bits per heavy atom. The van der Waals surface area contributed by atoms with Crippen LogP contribution in [0.1, 0.15) is 50.3 Å². The number of fused-ring (bicyclic) bond motifs is 2. The van der Waals surface area contributed by atoms with Crippen molar-refractivity contribution in [3.63, 3.8) is 0 Å². The Morgan fingerprint density at radius 1 is 0.576 bits per heavy atom. The number of rotatable bonds is 5. The Kier molecular flexibility index (Phi) is 15.4. The van der Waals surface area contributed by atoms with E-state index in [1.807, 2.05) is 113 Å². The van der Waals surface area contributed by atoms with Crippen LogP contribution in [-0.4, -0.2) is 36.4 Å². The van der Waals surface area contributed by atoms with E-state index in [-0.39, 0.29) is 11.5 Å². The molecule has 4 heterocycles. The molecule has 8 aromatic rings. The minimum atomic E-state index is -0.397. The number of nitrogen functional groups attached to an aromatic ring is 1. The number of hydrogen-bond donors (Lipinski definition) is 4. The Labute approximate surface area is 362 Å². The summed E-state index contributed by atoms with van der Waals surface area (Å²) in [6, 6.07) is 38.1. The van der Waals surface area contributed by atoms with E-state index in [4.69, 9.17) is 52.1 Å². The first-order chi connectivity index (χ1) is 28.2. The van der Waals surface area contributed by atoms with Crippen molar-refractivity contribution in [2.45, 2.75) is 33.7 Å². The van der Waals surface area contributed by atoms with Crippen LogP contribution < -0.4 is 11.1 Å². The smallest absolute Gasteiger partial charge is 0.150 e. The molecule has 0 saturated carbocycles. The van der Waals surface area contributed by atoms with Crippen LogP contribution in [0.15, 0.2) is 127 Å². The van der Waals surface area contributed by atoms with E-state index in [1.54, 1.807) is 36.4 Å². The Hall–Kier alpha value is -5.97. The Balaban J connectivity index is 0.000000179. The SMILES string of the molecule is Cc1ccc2cccc(O)c2n1.Cc1cccc(N)n1.Cc1cccc(NC(c2ccc(Cl)c(Cl)c2)c2ccc3ccc(C)nc3c2O)n1.O=Cc1ccc(Cl)c(Cl)c1. The fourth-order valence-corrected chi connectivity index (χ4v) is 6.32. The van der Waals surface area contributed by atoms with Gasteiger partial charge in [-0.15, -0.1) is 0 Å². The zero-order valence-corrected chi connectivity index (χ0v) is 35.5. The maximum absolute atomic E-state index is 11.1. The molecule has 300 valence electrons.